The maximum absolute atomic E-state index is 12.3. The highest BCUT2D eigenvalue weighted by molar-refractivity contribution is 5.93. The Labute approximate surface area is 113 Å². The predicted octanol–water partition coefficient (Wildman–Crippen LogP) is -0.149. The number of ketones is 1. The third kappa shape index (κ3) is 6.33. The van der Waals surface area contributed by atoms with Gasteiger partial charge in [0.05, 0.1) is 19.2 Å². The Balaban J connectivity index is 4.76. The van der Waals surface area contributed by atoms with Crippen molar-refractivity contribution in [3.63, 3.8) is 0 Å². The molecule has 6 heteroatoms. The molecule has 19 heavy (non-hydrogen) atoms. The molecule has 0 rings (SSSR count). The summed E-state index contributed by atoms with van der Waals surface area (Å²) >= 11 is 0. The Hall–Kier alpha value is -1.43. The van der Waals surface area contributed by atoms with E-state index in [0.717, 1.165) is 0 Å². The molecule has 0 aliphatic heterocycles. The molecule has 1 atom stereocenters. The van der Waals surface area contributed by atoms with Crippen LogP contribution in [0.15, 0.2) is 0 Å². The van der Waals surface area contributed by atoms with Gasteiger partial charge in [-0.05, 0) is 12.3 Å². The first-order chi connectivity index (χ1) is 8.74. The highest BCUT2D eigenvalue weighted by Gasteiger charge is 2.34. The van der Waals surface area contributed by atoms with Gasteiger partial charge in [-0.25, -0.2) is 0 Å². The van der Waals surface area contributed by atoms with Gasteiger partial charge in [0.2, 0.25) is 12.3 Å². The van der Waals surface area contributed by atoms with Crippen molar-refractivity contribution in [2.75, 3.05) is 13.2 Å². The number of aliphatic hydroxyl groups excluding tert-OH is 1. The maximum Gasteiger partial charge on any atom is 0.239 e. The maximum atomic E-state index is 12.3. The Morgan fingerprint density at radius 1 is 1.32 bits per heavy atom. The van der Waals surface area contributed by atoms with Crippen molar-refractivity contribution in [3.05, 3.63) is 0 Å². The van der Waals surface area contributed by atoms with E-state index in [1.54, 1.807) is 13.8 Å². The largest absolute Gasteiger partial charge is 0.395 e. The van der Waals surface area contributed by atoms with Gasteiger partial charge in [-0.1, -0.05) is 27.7 Å². The van der Waals surface area contributed by atoms with Crippen LogP contribution in [0.2, 0.25) is 0 Å². The fraction of sp³-hybridized carbons (Fsp3) is 0.769. The molecule has 0 aliphatic carbocycles. The molecule has 110 valence electrons. The van der Waals surface area contributed by atoms with E-state index < -0.39 is 17.4 Å². The van der Waals surface area contributed by atoms with E-state index >= 15 is 0 Å². The zero-order chi connectivity index (χ0) is 15.1. The third-order valence-electron chi connectivity index (χ3n) is 2.77. The molecule has 0 aromatic carbocycles. The minimum absolute atomic E-state index is 0.162. The molecule has 1 unspecified atom stereocenters. The van der Waals surface area contributed by atoms with Gasteiger partial charge >= 0.3 is 0 Å². The minimum Gasteiger partial charge on any atom is -0.395 e. The first-order valence-corrected chi connectivity index (χ1v) is 6.36. The van der Waals surface area contributed by atoms with Crippen molar-refractivity contribution < 1.29 is 19.5 Å². The van der Waals surface area contributed by atoms with Gasteiger partial charge in [-0.15, -0.1) is 0 Å². The molecular formula is C13H24N2O4. The van der Waals surface area contributed by atoms with Gasteiger partial charge in [0, 0.05) is 5.41 Å². The minimum atomic E-state index is -0.898. The molecule has 0 heterocycles. The quantitative estimate of drug-likeness (QED) is 0.509. The summed E-state index contributed by atoms with van der Waals surface area (Å²) in [5.41, 5.74) is -0.898. The number of carbonyl (C=O) groups excluding carboxylic acids is 3. The van der Waals surface area contributed by atoms with Gasteiger partial charge in [0.25, 0.3) is 0 Å². The van der Waals surface area contributed by atoms with E-state index in [9.17, 15) is 19.5 Å². The van der Waals surface area contributed by atoms with E-state index in [4.69, 9.17) is 0 Å². The topological polar surface area (TPSA) is 95.5 Å². The second-order valence-electron chi connectivity index (χ2n) is 5.65. The first kappa shape index (κ1) is 17.6. The van der Waals surface area contributed by atoms with Crippen molar-refractivity contribution in [1.82, 2.24) is 10.6 Å². The van der Waals surface area contributed by atoms with Gasteiger partial charge in [-0.2, -0.15) is 0 Å². The van der Waals surface area contributed by atoms with Crippen LogP contribution in [0.4, 0.5) is 0 Å². The molecule has 3 N–H and O–H groups in total. The van der Waals surface area contributed by atoms with Gasteiger partial charge in [-0.3, -0.25) is 14.4 Å². The van der Waals surface area contributed by atoms with Crippen LogP contribution in [0.3, 0.4) is 0 Å². The zero-order valence-corrected chi connectivity index (χ0v) is 12.0. The number of hydrogen-bond acceptors (Lipinski definition) is 4. The van der Waals surface area contributed by atoms with E-state index in [1.807, 2.05) is 13.8 Å². The van der Waals surface area contributed by atoms with Gasteiger partial charge < -0.3 is 15.7 Å². The average Bonchev–Trinajstić information content (AvgIpc) is 2.34. The molecule has 0 spiro atoms. The van der Waals surface area contributed by atoms with Crippen LogP contribution in [0.25, 0.3) is 0 Å². The van der Waals surface area contributed by atoms with Crippen molar-refractivity contribution in [2.45, 2.75) is 40.2 Å². The fourth-order valence-corrected chi connectivity index (χ4v) is 1.63. The average molecular weight is 272 g/mol. The van der Waals surface area contributed by atoms with Crippen LogP contribution in [0, 0.1) is 11.3 Å². The Kier molecular flexibility index (Phi) is 7.29. The molecular weight excluding hydrogens is 248 g/mol. The van der Waals surface area contributed by atoms with Gasteiger partial charge in [0.15, 0.2) is 5.78 Å². The molecule has 0 saturated carbocycles. The van der Waals surface area contributed by atoms with Crippen molar-refractivity contribution in [1.29, 1.82) is 0 Å². The summed E-state index contributed by atoms with van der Waals surface area (Å²) < 4.78 is 0. The number of rotatable bonds is 9. The first-order valence-electron chi connectivity index (χ1n) is 6.36. The Bertz CT molecular complexity index is 327. The van der Waals surface area contributed by atoms with Crippen molar-refractivity contribution in [3.8, 4) is 0 Å². The molecule has 0 aromatic heterocycles. The number of aliphatic hydroxyl groups is 1. The van der Waals surface area contributed by atoms with E-state index in [2.05, 4.69) is 10.6 Å². The molecule has 2 amide bonds. The predicted molar refractivity (Wildman–Crippen MR) is 71.3 cm³/mol. The molecule has 0 bridgehead atoms. The summed E-state index contributed by atoms with van der Waals surface area (Å²) in [5.74, 6) is -0.397. The second kappa shape index (κ2) is 7.89. The van der Waals surface area contributed by atoms with E-state index in [1.165, 1.54) is 0 Å². The molecule has 0 saturated heterocycles. The summed E-state index contributed by atoms with van der Waals surface area (Å²) in [6.45, 7) is 6.73. The van der Waals surface area contributed by atoms with Crippen molar-refractivity contribution in [2.24, 2.45) is 11.3 Å². The third-order valence-corrected chi connectivity index (χ3v) is 2.77. The summed E-state index contributed by atoms with van der Waals surface area (Å²) in [6, 6.07) is -0.650. The lowest BCUT2D eigenvalue weighted by molar-refractivity contribution is -0.134. The van der Waals surface area contributed by atoms with E-state index in [0.29, 0.717) is 12.8 Å². The zero-order valence-electron chi connectivity index (χ0n) is 12.0. The molecule has 6 nitrogen and oxygen atoms in total. The van der Waals surface area contributed by atoms with Crippen LogP contribution >= 0.6 is 0 Å². The summed E-state index contributed by atoms with van der Waals surface area (Å²) in [4.78, 5) is 34.0. The lowest BCUT2D eigenvalue weighted by Crippen LogP contribution is -2.50. The SMILES string of the molecule is CC(C)CC(NC(=O)CNC=O)C(=O)C(C)(C)CO. The van der Waals surface area contributed by atoms with Crippen LogP contribution in [0.1, 0.15) is 34.1 Å². The van der Waals surface area contributed by atoms with Crippen LogP contribution in [-0.4, -0.2) is 42.4 Å². The molecule has 0 aromatic rings. The van der Waals surface area contributed by atoms with E-state index in [-0.39, 0.29) is 24.9 Å². The van der Waals surface area contributed by atoms with Crippen LogP contribution in [0.5, 0.6) is 0 Å². The number of hydrogen-bond donors (Lipinski definition) is 3. The number of nitrogens with one attached hydrogen (secondary N) is 2. The summed E-state index contributed by atoms with van der Waals surface area (Å²) in [5, 5.41) is 14.1. The smallest absolute Gasteiger partial charge is 0.239 e. The number of amides is 2. The monoisotopic (exact) mass is 272 g/mol. The van der Waals surface area contributed by atoms with Crippen LogP contribution in [-0.2, 0) is 14.4 Å². The molecule has 0 radical (unpaired) electrons. The second-order valence-corrected chi connectivity index (χ2v) is 5.65. The number of carbonyl (C=O) groups is 3. The normalized spacial score (nSPS) is 12.9. The molecule has 0 aliphatic rings. The lowest BCUT2D eigenvalue weighted by atomic mass is 9.82. The molecule has 0 fully saturated rings. The Morgan fingerprint density at radius 3 is 2.32 bits per heavy atom. The van der Waals surface area contributed by atoms with Crippen LogP contribution < -0.4 is 10.6 Å². The summed E-state index contributed by atoms with van der Waals surface area (Å²) in [6.07, 6.45) is 0.922. The Morgan fingerprint density at radius 2 is 1.89 bits per heavy atom. The lowest BCUT2D eigenvalue weighted by Gasteiger charge is -2.28. The highest BCUT2D eigenvalue weighted by atomic mass is 16.3. The van der Waals surface area contributed by atoms with Crippen molar-refractivity contribution >= 4 is 18.1 Å². The standard InChI is InChI=1S/C13H24N2O4/c1-9(2)5-10(12(19)13(3,4)7-16)15-11(18)6-14-8-17/h8-10,16H,5-7H2,1-4H3,(H,14,17)(H,15,18). The number of Topliss-reactive ketones (excluding diaryl/α,β-unsaturated/α-hetero) is 1. The summed E-state index contributed by atoms with van der Waals surface area (Å²) in [7, 11) is 0. The fourth-order valence-electron chi connectivity index (χ4n) is 1.63. The highest BCUT2D eigenvalue weighted by Crippen LogP contribution is 2.20. The van der Waals surface area contributed by atoms with Gasteiger partial charge in [0.1, 0.15) is 0 Å².